The molecule has 0 N–H and O–H groups in total. The second kappa shape index (κ2) is 5.92. The molecule has 0 amide bonds. The highest BCUT2D eigenvalue weighted by Crippen LogP contribution is 2.17. The Morgan fingerprint density at radius 1 is 1.67 bits per heavy atom. The minimum atomic E-state index is -0.477. The summed E-state index contributed by atoms with van der Waals surface area (Å²) in [6.07, 6.45) is 3.99. The van der Waals surface area contributed by atoms with Crippen LogP contribution in [0.5, 0.6) is 0 Å². The Balaban J connectivity index is 2.81. The van der Waals surface area contributed by atoms with Crippen LogP contribution in [-0.4, -0.2) is 28.8 Å². The SMILES string of the molecule is CCCOC(=O)c1cnc(SC)nc1Cl. The summed E-state index contributed by atoms with van der Waals surface area (Å²) in [7, 11) is 0. The van der Waals surface area contributed by atoms with Crippen molar-refractivity contribution < 1.29 is 9.53 Å². The number of esters is 1. The zero-order valence-corrected chi connectivity index (χ0v) is 10.1. The fourth-order valence-electron chi connectivity index (χ4n) is 0.854. The van der Waals surface area contributed by atoms with Crippen LogP contribution in [0.25, 0.3) is 0 Å². The molecule has 4 nitrogen and oxygen atoms in total. The van der Waals surface area contributed by atoms with Gasteiger partial charge in [-0.3, -0.25) is 0 Å². The fourth-order valence-corrected chi connectivity index (χ4v) is 1.45. The molecule has 0 spiro atoms. The van der Waals surface area contributed by atoms with Crippen molar-refractivity contribution in [3.05, 3.63) is 16.9 Å². The minimum absolute atomic E-state index is 0.135. The van der Waals surface area contributed by atoms with Crippen LogP contribution in [0.1, 0.15) is 23.7 Å². The summed E-state index contributed by atoms with van der Waals surface area (Å²) in [5, 5.41) is 0.669. The van der Waals surface area contributed by atoms with Crippen LogP contribution >= 0.6 is 23.4 Å². The molecule has 0 fully saturated rings. The molecule has 0 radical (unpaired) electrons. The Morgan fingerprint density at radius 2 is 2.40 bits per heavy atom. The average molecular weight is 247 g/mol. The van der Waals surface area contributed by atoms with Gasteiger partial charge < -0.3 is 4.74 Å². The smallest absolute Gasteiger partial charge is 0.342 e. The Morgan fingerprint density at radius 3 is 2.93 bits per heavy atom. The molecular formula is C9H11ClN2O2S. The maximum absolute atomic E-state index is 11.4. The van der Waals surface area contributed by atoms with Crippen molar-refractivity contribution in [1.29, 1.82) is 0 Å². The van der Waals surface area contributed by atoms with E-state index in [1.54, 1.807) is 0 Å². The number of aromatic nitrogens is 2. The predicted molar refractivity (Wildman–Crippen MR) is 59.4 cm³/mol. The number of rotatable bonds is 4. The molecule has 82 valence electrons. The highest BCUT2D eigenvalue weighted by Gasteiger charge is 2.13. The van der Waals surface area contributed by atoms with Crippen molar-refractivity contribution in [2.24, 2.45) is 0 Å². The molecule has 1 rings (SSSR count). The van der Waals surface area contributed by atoms with Crippen molar-refractivity contribution in [3.8, 4) is 0 Å². The predicted octanol–water partition coefficient (Wildman–Crippen LogP) is 2.42. The van der Waals surface area contributed by atoms with Gasteiger partial charge in [-0.1, -0.05) is 30.3 Å². The second-order valence-corrected chi connectivity index (χ2v) is 3.83. The van der Waals surface area contributed by atoms with Crippen molar-refractivity contribution in [3.63, 3.8) is 0 Å². The first kappa shape index (κ1) is 12.3. The monoisotopic (exact) mass is 246 g/mol. The number of thioether (sulfide) groups is 1. The third-order valence-corrected chi connectivity index (χ3v) is 2.41. The van der Waals surface area contributed by atoms with Gasteiger partial charge in [0.15, 0.2) is 5.16 Å². The van der Waals surface area contributed by atoms with E-state index in [1.165, 1.54) is 18.0 Å². The first-order chi connectivity index (χ1) is 7.19. The highest BCUT2D eigenvalue weighted by molar-refractivity contribution is 7.98. The highest BCUT2D eigenvalue weighted by atomic mass is 35.5. The summed E-state index contributed by atoms with van der Waals surface area (Å²) in [6, 6.07) is 0. The van der Waals surface area contributed by atoms with E-state index >= 15 is 0 Å². The van der Waals surface area contributed by atoms with Crippen molar-refractivity contribution >= 4 is 29.3 Å². The van der Waals surface area contributed by atoms with E-state index in [9.17, 15) is 4.79 Å². The van der Waals surface area contributed by atoms with E-state index in [1.807, 2.05) is 13.2 Å². The Labute approximate surface area is 97.4 Å². The van der Waals surface area contributed by atoms with Crippen LogP contribution in [0.15, 0.2) is 11.4 Å². The number of carbonyl (C=O) groups excluding carboxylic acids is 1. The van der Waals surface area contributed by atoms with Gasteiger partial charge in [-0.2, -0.15) is 0 Å². The van der Waals surface area contributed by atoms with E-state index in [0.717, 1.165) is 6.42 Å². The lowest BCUT2D eigenvalue weighted by atomic mass is 10.3. The van der Waals surface area contributed by atoms with Crippen LogP contribution in [0.2, 0.25) is 5.15 Å². The van der Waals surface area contributed by atoms with Crippen LogP contribution < -0.4 is 0 Å². The van der Waals surface area contributed by atoms with Gasteiger partial charge >= 0.3 is 5.97 Å². The topological polar surface area (TPSA) is 52.1 Å². The van der Waals surface area contributed by atoms with Crippen LogP contribution in [0.3, 0.4) is 0 Å². The molecule has 0 unspecified atom stereocenters. The van der Waals surface area contributed by atoms with Gasteiger partial charge in [0.1, 0.15) is 10.7 Å². The lowest BCUT2D eigenvalue weighted by Gasteiger charge is -2.04. The van der Waals surface area contributed by atoms with Crippen molar-refractivity contribution in [1.82, 2.24) is 9.97 Å². The fraction of sp³-hybridized carbons (Fsp3) is 0.444. The number of ether oxygens (including phenoxy) is 1. The van der Waals surface area contributed by atoms with Crippen molar-refractivity contribution in [2.75, 3.05) is 12.9 Å². The molecule has 0 saturated carbocycles. The summed E-state index contributed by atoms with van der Waals surface area (Å²) in [5.41, 5.74) is 0.211. The largest absolute Gasteiger partial charge is 0.462 e. The maximum atomic E-state index is 11.4. The van der Waals surface area contributed by atoms with E-state index < -0.39 is 5.97 Å². The molecule has 0 aromatic carbocycles. The van der Waals surface area contributed by atoms with E-state index in [2.05, 4.69) is 9.97 Å². The molecular weight excluding hydrogens is 236 g/mol. The number of halogens is 1. The number of hydrogen-bond acceptors (Lipinski definition) is 5. The second-order valence-electron chi connectivity index (χ2n) is 2.70. The van der Waals surface area contributed by atoms with E-state index in [4.69, 9.17) is 16.3 Å². The third-order valence-electron chi connectivity index (χ3n) is 1.56. The average Bonchev–Trinajstić information content (AvgIpc) is 2.25. The molecule has 6 heteroatoms. The Bertz CT molecular complexity index is 360. The summed E-state index contributed by atoms with van der Waals surface area (Å²) in [5.74, 6) is -0.477. The summed E-state index contributed by atoms with van der Waals surface area (Å²) in [6.45, 7) is 2.29. The summed E-state index contributed by atoms with van der Waals surface area (Å²) < 4.78 is 4.92. The van der Waals surface area contributed by atoms with Gasteiger partial charge in [0, 0.05) is 6.20 Å². The number of hydrogen-bond donors (Lipinski definition) is 0. The van der Waals surface area contributed by atoms with Gasteiger partial charge in [0.2, 0.25) is 0 Å². The van der Waals surface area contributed by atoms with E-state index in [0.29, 0.717) is 11.8 Å². The zero-order valence-electron chi connectivity index (χ0n) is 8.49. The molecule has 0 atom stereocenters. The molecule has 15 heavy (non-hydrogen) atoms. The summed E-state index contributed by atoms with van der Waals surface area (Å²) >= 11 is 7.18. The molecule has 0 aliphatic rings. The summed E-state index contributed by atoms with van der Waals surface area (Å²) in [4.78, 5) is 19.3. The molecule has 1 aromatic heterocycles. The van der Waals surface area contributed by atoms with Gasteiger partial charge in [0.05, 0.1) is 6.61 Å². The lowest BCUT2D eigenvalue weighted by Crippen LogP contribution is -2.08. The quantitative estimate of drug-likeness (QED) is 0.353. The molecule has 0 saturated heterocycles. The van der Waals surface area contributed by atoms with Crippen LogP contribution in [0.4, 0.5) is 0 Å². The van der Waals surface area contributed by atoms with E-state index in [-0.39, 0.29) is 10.7 Å². The zero-order chi connectivity index (χ0) is 11.3. The molecule has 0 bridgehead atoms. The van der Waals surface area contributed by atoms with Gasteiger partial charge in [-0.25, -0.2) is 14.8 Å². The molecule has 0 aliphatic carbocycles. The first-order valence-electron chi connectivity index (χ1n) is 4.42. The lowest BCUT2D eigenvalue weighted by molar-refractivity contribution is 0.0504. The number of nitrogens with zero attached hydrogens (tertiary/aromatic N) is 2. The Hall–Kier alpha value is -0.810. The van der Waals surface area contributed by atoms with Gasteiger partial charge in [-0.15, -0.1) is 0 Å². The van der Waals surface area contributed by atoms with Crippen LogP contribution in [-0.2, 0) is 4.74 Å². The van der Waals surface area contributed by atoms with Crippen LogP contribution in [0, 0.1) is 0 Å². The normalized spacial score (nSPS) is 10.1. The minimum Gasteiger partial charge on any atom is -0.462 e. The maximum Gasteiger partial charge on any atom is 0.342 e. The van der Waals surface area contributed by atoms with Gasteiger partial charge in [-0.05, 0) is 12.7 Å². The molecule has 0 aliphatic heterocycles. The Kier molecular flexibility index (Phi) is 4.84. The van der Waals surface area contributed by atoms with Gasteiger partial charge in [0.25, 0.3) is 0 Å². The first-order valence-corrected chi connectivity index (χ1v) is 6.03. The molecule has 1 aromatic rings. The number of carbonyl (C=O) groups is 1. The third kappa shape index (κ3) is 3.35. The molecule has 1 heterocycles. The standard InChI is InChI=1S/C9H11ClN2O2S/c1-3-4-14-8(13)6-5-11-9(15-2)12-7(6)10/h5H,3-4H2,1-2H3. The van der Waals surface area contributed by atoms with Crippen molar-refractivity contribution in [2.45, 2.75) is 18.5 Å².